The van der Waals surface area contributed by atoms with Crippen molar-refractivity contribution < 1.29 is 9.53 Å². The molecule has 1 aromatic heterocycles. The van der Waals surface area contributed by atoms with Gasteiger partial charge < -0.3 is 19.9 Å². The lowest BCUT2D eigenvalue weighted by atomic mass is 9.79. The molecule has 2 N–H and O–H groups in total. The third kappa shape index (κ3) is 3.92. The van der Waals surface area contributed by atoms with Gasteiger partial charge in [0.25, 0.3) is 11.5 Å². The smallest absolute Gasteiger partial charge is 0.251 e. The van der Waals surface area contributed by atoms with Crippen LogP contribution in [0, 0.1) is 5.41 Å². The van der Waals surface area contributed by atoms with Gasteiger partial charge in [-0.25, -0.2) is 0 Å². The molecule has 0 atom stereocenters. The highest BCUT2D eigenvalue weighted by atomic mass is 16.5. The highest BCUT2D eigenvalue weighted by molar-refractivity contribution is 5.93. The normalized spacial score (nSPS) is 17.4. The Kier molecular flexibility index (Phi) is 5.14. The topological polar surface area (TPSA) is 72.4 Å². The molecule has 0 radical (unpaired) electrons. The zero-order valence-corrected chi connectivity index (χ0v) is 12.6. The molecule has 6 heteroatoms. The van der Waals surface area contributed by atoms with Crippen molar-refractivity contribution in [2.45, 2.75) is 12.8 Å². The minimum atomic E-state index is -0.207. The van der Waals surface area contributed by atoms with Crippen LogP contribution in [0.15, 0.2) is 23.1 Å². The first-order valence-corrected chi connectivity index (χ1v) is 7.21. The van der Waals surface area contributed by atoms with Crippen LogP contribution in [0.3, 0.4) is 0 Å². The van der Waals surface area contributed by atoms with E-state index >= 15 is 0 Å². The molecule has 1 amide bonds. The second kappa shape index (κ2) is 6.87. The van der Waals surface area contributed by atoms with E-state index in [4.69, 9.17) is 4.74 Å². The average molecular weight is 293 g/mol. The van der Waals surface area contributed by atoms with Crippen molar-refractivity contribution in [1.29, 1.82) is 0 Å². The van der Waals surface area contributed by atoms with E-state index in [1.54, 1.807) is 26.4 Å². The molecule has 0 unspecified atom stereocenters. The van der Waals surface area contributed by atoms with E-state index in [0.29, 0.717) is 18.7 Å². The van der Waals surface area contributed by atoms with E-state index in [1.807, 2.05) is 0 Å². The Morgan fingerprint density at radius 2 is 2.19 bits per heavy atom. The number of nitrogens with zero attached hydrogens (tertiary/aromatic N) is 1. The number of hydrogen-bond acceptors (Lipinski definition) is 4. The average Bonchev–Trinajstić information content (AvgIpc) is 2.49. The molecule has 2 rings (SSSR count). The summed E-state index contributed by atoms with van der Waals surface area (Å²) in [7, 11) is 3.35. The Labute approximate surface area is 124 Å². The highest BCUT2D eigenvalue weighted by Gasteiger charge is 2.32. The quantitative estimate of drug-likeness (QED) is 0.809. The van der Waals surface area contributed by atoms with Crippen molar-refractivity contribution in [2.75, 3.05) is 33.4 Å². The molecule has 0 aromatic carbocycles. The maximum Gasteiger partial charge on any atom is 0.251 e. The second-order valence-corrected chi connectivity index (χ2v) is 5.73. The SMILES string of the molecule is COCC1(CNC(=O)c2ccn(C)c(=O)c2)CCNCC1. The number of amides is 1. The van der Waals surface area contributed by atoms with Crippen LogP contribution >= 0.6 is 0 Å². The number of pyridine rings is 1. The van der Waals surface area contributed by atoms with Gasteiger partial charge in [0.1, 0.15) is 0 Å². The molecule has 1 saturated heterocycles. The number of aryl methyl sites for hydroxylation is 1. The van der Waals surface area contributed by atoms with Crippen LogP contribution in [0.2, 0.25) is 0 Å². The van der Waals surface area contributed by atoms with Crippen molar-refractivity contribution in [1.82, 2.24) is 15.2 Å². The predicted molar refractivity (Wildman–Crippen MR) is 80.4 cm³/mol. The van der Waals surface area contributed by atoms with Gasteiger partial charge in [0.2, 0.25) is 0 Å². The van der Waals surface area contributed by atoms with Gasteiger partial charge in [0.15, 0.2) is 0 Å². The molecule has 1 aliphatic rings. The standard InChI is InChI=1S/C15H23N3O3/c1-18-8-3-12(9-13(18)19)14(20)17-10-15(11-21-2)4-6-16-7-5-15/h3,8-9,16H,4-7,10-11H2,1-2H3,(H,17,20). The number of ether oxygens (including phenoxy) is 1. The Morgan fingerprint density at radius 1 is 1.48 bits per heavy atom. The lowest BCUT2D eigenvalue weighted by Crippen LogP contribution is -2.47. The number of nitrogens with one attached hydrogen (secondary N) is 2. The third-order valence-corrected chi connectivity index (χ3v) is 4.11. The van der Waals surface area contributed by atoms with E-state index in [0.717, 1.165) is 25.9 Å². The highest BCUT2D eigenvalue weighted by Crippen LogP contribution is 2.28. The van der Waals surface area contributed by atoms with Gasteiger partial charge in [-0.2, -0.15) is 0 Å². The fraction of sp³-hybridized carbons (Fsp3) is 0.600. The van der Waals surface area contributed by atoms with Gasteiger partial charge in [-0.05, 0) is 32.0 Å². The molecule has 116 valence electrons. The fourth-order valence-corrected chi connectivity index (χ4v) is 2.70. The Bertz CT molecular complexity index is 542. The van der Waals surface area contributed by atoms with Gasteiger partial charge in [0, 0.05) is 43.9 Å². The van der Waals surface area contributed by atoms with Crippen molar-refractivity contribution in [3.63, 3.8) is 0 Å². The predicted octanol–water partition coefficient (Wildman–Crippen LogP) is 0.131. The third-order valence-electron chi connectivity index (χ3n) is 4.11. The first kappa shape index (κ1) is 15.7. The molecule has 21 heavy (non-hydrogen) atoms. The summed E-state index contributed by atoms with van der Waals surface area (Å²) in [6.07, 6.45) is 3.54. The van der Waals surface area contributed by atoms with Gasteiger partial charge in [-0.15, -0.1) is 0 Å². The monoisotopic (exact) mass is 293 g/mol. The summed E-state index contributed by atoms with van der Waals surface area (Å²) >= 11 is 0. The van der Waals surface area contributed by atoms with Crippen molar-refractivity contribution in [2.24, 2.45) is 12.5 Å². The maximum absolute atomic E-state index is 12.2. The number of carbonyl (C=O) groups excluding carboxylic acids is 1. The molecule has 2 heterocycles. The molecule has 0 spiro atoms. The summed E-state index contributed by atoms with van der Waals surface area (Å²) < 4.78 is 6.77. The molecular weight excluding hydrogens is 270 g/mol. The first-order chi connectivity index (χ1) is 10.1. The van der Waals surface area contributed by atoms with Crippen LogP contribution in [0.5, 0.6) is 0 Å². The van der Waals surface area contributed by atoms with Crippen LogP contribution in [0.25, 0.3) is 0 Å². The summed E-state index contributed by atoms with van der Waals surface area (Å²) in [5, 5.41) is 6.26. The van der Waals surface area contributed by atoms with Gasteiger partial charge in [0.05, 0.1) is 6.61 Å². The largest absolute Gasteiger partial charge is 0.384 e. The first-order valence-electron chi connectivity index (χ1n) is 7.21. The zero-order chi connectivity index (χ0) is 15.3. The molecule has 1 fully saturated rings. The lowest BCUT2D eigenvalue weighted by Gasteiger charge is -2.37. The van der Waals surface area contributed by atoms with Gasteiger partial charge >= 0.3 is 0 Å². The van der Waals surface area contributed by atoms with E-state index in [2.05, 4.69) is 10.6 Å². The van der Waals surface area contributed by atoms with Crippen molar-refractivity contribution >= 4 is 5.91 Å². The molecule has 6 nitrogen and oxygen atoms in total. The molecular formula is C15H23N3O3. The van der Waals surface area contributed by atoms with Crippen molar-refractivity contribution in [3.8, 4) is 0 Å². The Balaban J connectivity index is 2.01. The van der Waals surface area contributed by atoms with E-state index in [-0.39, 0.29) is 16.9 Å². The summed E-state index contributed by atoms with van der Waals surface area (Å²) in [5.41, 5.74) is 0.200. The number of hydrogen-bond donors (Lipinski definition) is 2. The molecule has 0 aliphatic carbocycles. The summed E-state index contributed by atoms with van der Waals surface area (Å²) in [5.74, 6) is -0.207. The summed E-state index contributed by atoms with van der Waals surface area (Å²) in [4.78, 5) is 23.8. The van der Waals surface area contributed by atoms with Gasteiger partial charge in [-0.1, -0.05) is 0 Å². The lowest BCUT2D eigenvalue weighted by molar-refractivity contribution is 0.0511. The number of rotatable bonds is 5. The fourth-order valence-electron chi connectivity index (χ4n) is 2.70. The number of methoxy groups -OCH3 is 1. The van der Waals surface area contributed by atoms with Crippen molar-refractivity contribution in [3.05, 3.63) is 34.2 Å². The molecule has 0 saturated carbocycles. The number of piperidine rings is 1. The van der Waals surface area contributed by atoms with Gasteiger partial charge in [-0.3, -0.25) is 9.59 Å². The second-order valence-electron chi connectivity index (χ2n) is 5.73. The molecule has 0 bridgehead atoms. The zero-order valence-electron chi connectivity index (χ0n) is 12.6. The Morgan fingerprint density at radius 3 is 2.81 bits per heavy atom. The van der Waals surface area contributed by atoms with E-state index in [9.17, 15) is 9.59 Å². The number of carbonyl (C=O) groups is 1. The number of aromatic nitrogens is 1. The van der Waals surface area contributed by atoms with Crippen LogP contribution in [-0.2, 0) is 11.8 Å². The van der Waals surface area contributed by atoms with Crippen LogP contribution in [0.4, 0.5) is 0 Å². The van der Waals surface area contributed by atoms with Crippen LogP contribution < -0.4 is 16.2 Å². The molecule has 1 aromatic rings. The van der Waals surface area contributed by atoms with E-state index in [1.165, 1.54) is 10.6 Å². The van der Waals surface area contributed by atoms with Crippen LogP contribution in [0.1, 0.15) is 23.2 Å². The minimum absolute atomic E-state index is 0.0185. The van der Waals surface area contributed by atoms with E-state index < -0.39 is 0 Å². The summed E-state index contributed by atoms with van der Waals surface area (Å²) in [6, 6.07) is 3.02. The summed E-state index contributed by atoms with van der Waals surface area (Å²) in [6.45, 7) is 3.07. The minimum Gasteiger partial charge on any atom is -0.384 e. The Hall–Kier alpha value is -1.66. The molecule has 1 aliphatic heterocycles. The van der Waals surface area contributed by atoms with Crippen LogP contribution in [-0.4, -0.2) is 43.8 Å². The maximum atomic E-state index is 12.2.